The smallest absolute Gasteiger partial charge is 0.241 e. The molecule has 2 aromatic rings. The Morgan fingerprint density at radius 2 is 2.14 bits per heavy atom. The summed E-state index contributed by atoms with van der Waals surface area (Å²) in [5.74, 6) is -0.654. The number of aliphatic hydroxyl groups is 1. The van der Waals surface area contributed by atoms with Crippen LogP contribution >= 0.6 is 11.3 Å². The van der Waals surface area contributed by atoms with Crippen LogP contribution in [0.1, 0.15) is 17.4 Å². The number of rotatable bonds is 6. The summed E-state index contributed by atoms with van der Waals surface area (Å²) in [5.41, 5.74) is 0.173. The van der Waals surface area contributed by atoms with Crippen molar-refractivity contribution in [3.63, 3.8) is 0 Å². The van der Waals surface area contributed by atoms with Crippen molar-refractivity contribution in [3.8, 4) is 0 Å². The van der Waals surface area contributed by atoms with Crippen molar-refractivity contribution in [3.05, 3.63) is 52.0 Å². The number of aliphatic hydroxyl groups excluding tert-OH is 1. The van der Waals surface area contributed by atoms with Gasteiger partial charge in [0.15, 0.2) is 0 Å². The van der Waals surface area contributed by atoms with E-state index in [-0.39, 0.29) is 16.5 Å². The number of benzene rings is 1. The number of thiophene rings is 1. The number of sulfonamides is 1. The van der Waals surface area contributed by atoms with E-state index in [9.17, 15) is 17.9 Å². The second-order valence-corrected chi connectivity index (χ2v) is 7.43. The maximum atomic E-state index is 13.3. The van der Waals surface area contributed by atoms with Crippen LogP contribution in [0.25, 0.3) is 0 Å². The molecule has 0 amide bonds. The lowest BCUT2D eigenvalue weighted by Crippen LogP contribution is -2.34. The Morgan fingerprint density at radius 1 is 1.38 bits per heavy atom. The molecule has 1 aromatic carbocycles. The fourth-order valence-electron chi connectivity index (χ4n) is 2.01. The maximum Gasteiger partial charge on any atom is 0.241 e. The number of halogens is 1. The molecular weight excluding hydrogens is 313 g/mol. The molecule has 0 saturated carbocycles. The van der Waals surface area contributed by atoms with E-state index < -0.39 is 22.4 Å². The third kappa shape index (κ3) is 4.10. The molecule has 0 saturated heterocycles. The minimum atomic E-state index is -3.87. The van der Waals surface area contributed by atoms with Gasteiger partial charge in [-0.25, -0.2) is 17.5 Å². The summed E-state index contributed by atoms with van der Waals surface area (Å²) in [6, 6.07) is 6.82. The third-order valence-electron chi connectivity index (χ3n) is 2.93. The Morgan fingerprint density at radius 3 is 2.76 bits per heavy atom. The van der Waals surface area contributed by atoms with E-state index in [4.69, 9.17) is 0 Å². The monoisotopic (exact) mass is 329 g/mol. The van der Waals surface area contributed by atoms with Crippen molar-refractivity contribution >= 4 is 21.4 Å². The third-order valence-corrected chi connectivity index (χ3v) is 5.50. The minimum absolute atomic E-state index is 0.173. The van der Waals surface area contributed by atoms with Crippen molar-refractivity contribution in [1.29, 1.82) is 0 Å². The van der Waals surface area contributed by atoms with Crippen LogP contribution in [0.3, 0.4) is 0 Å². The largest absolute Gasteiger partial charge is 0.392 e. The van der Waals surface area contributed by atoms with Crippen molar-refractivity contribution in [2.45, 2.75) is 30.9 Å². The Bertz CT molecular complexity index is 699. The standard InChI is InChI=1S/C14H16FNO3S2/c1-10(7-13-3-2-6-20-13)16-21(18,19)14-8-12(15)5-4-11(14)9-17/h2-6,8,10,16-17H,7,9H2,1H3. The Kier molecular flexibility index (Phi) is 5.10. The van der Waals surface area contributed by atoms with Crippen LogP contribution < -0.4 is 4.72 Å². The second-order valence-electron chi connectivity index (χ2n) is 4.72. The summed E-state index contributed by atoms with van der Waals surface area (Å²) >= 11 is 1.55. The molecule has 0 spiro atoms. The van der Waals surface area contributed by atoms with Crippen LogP contribution in [0, 0.1) is 5.82 Å². The highest BCUT2D eigenvalue weighted by molar-refractivity contribution is 7.89. The lowest BCUT2D eigenvalue weighted by Gasteiger charge is -2.15. The normalized spacial score (nSPS) is 13.3. The summed E-state index contributed by atoms with van der Waals surface area (Å²) in [4.78, 5) is 0.842. The van der Waals surface area contributed by atoms with Gasteiger partial charge in [0.1, 0.15) is 5.82 Å². The van der Waals surface area contributed by atoms with Gasteiger partial charge < -0.3 is 5.11 Å². The van der Waals surface area contributed by atoms with Gasteiger partial charge in [-0.05, 0) is 42.5 Å². The Hall–Kier alpha value is -1.28. The van der Waals surface area contributed by atoms with Gasteiger partial charge in [0.2, 0.25) is 10.0 Å². The van der Waals surface area contributed by atoms with E-state index in [1.54, 1.807) is 18.3 Å². The molecular formula is C14H16FNO3S2. The number of hydrogen-bond acceptors (Lipinski definition) is 4. The lowest BCUT2D eigenvalue weighted by atomic mass is 10.2. The zero-order chi connectivity index (χ0) is 15.5. The molecule has 1 heterocycles. The van der Waals surface area contributed by atoms with Gasteiger partial charge in [-0.3, -0.25) is 0 Å². The first kappa shape index (κ1) is 16.1. The number of hydrogen-bond donors (Lipinski definition) is 2. The van der Waals surface area contributed by atoms with E-state index >= 15 is 0 Å². The maximum absolute atomic E-state index is 13.3. The van der Waals surface area contributed by atoms with Crippen LogP contribution in [-0.2, 0) is 23.1 Å². The van der Waals surface area contributed by atoms with Gasteiger partial charge in [0.25, 0.3) is 0 Å². The van der Waals surface area contributed by atoms with E-state index in [1.165, 1.54) is 6.07 Å². The fraction of sp³-hybridized carbons (Fsp3) is 0.286. The first-order valence-electron chi connectivity index (χ1n) is 6.36. The van der Waals surface area contributed by atoms with Gasteiger partial charge in [-0.15, -0.1) is 11.3 Å². The first-order chi connectivity index (χ1) is 9.92. The second kappa shape index (κ2) is 6.65. The number of nitrogens with one attached hydrogen (secondary N) is 1. The molecule has 0 aliphatic heterocycles. The highest BCUT2D eigenvalue weighted by Gasteiger charge is 2.21. The average Bonchev–Trinajstić information content (AvgIpc) is 2.90. The van der Waals surface area contributed by atoms with Crippen molar-refractivity contribution < 1.29 is 17.9 Å². The molecule has 114 valence electrons. The molecule has 4 nitrogen and oxygen atoms in total. The minimum Gasteiger partial charge on any atom is -0.392 e. The fourth-order valence-corrected chi connectivity index (χ4v) is 4.33. The molecule has 1 unspecified atom stereocenters. The lowest BCUT2D eigenvalue weighted by molar-refractivity contribution is 0.278. The van der Waals surface area contributed by atoms with Crippen LogP contribution in [0.5, 0.6) is 0 Å². The molecule has 0 aliphatic carbocycles. The molecule has 2 N–H and O–H groups in total. The molecule has 1 atom stereocenters. The van der Waals surface area contributed by atoms with Gasteiger partial charge in [0, 0.05) is 10.9 Å². The van der Waals surface area contributed by atoms with Crippen LogP contribution in [0.15, 0.2) is 40.6 Å². The summed E-state index contributed by atoms with van der Waals surface area (Å²) < 4.78 is 40.4. The molecule has 0 radical (unpaired) electrons. The van der Waals surface area contributed by atoms with E-state index in [0.29, 0.717) is 6.42 Å². The van der Waals surface area contributed by atoms with Crippen molar-refractivity contribution in [2.24, 2.45) is 0 Å². The molecule has 1 aromatic heterocycles. The van der Waals surface area contributed by atoms with Crippen LogP contribution in [-0.4, -0.2) is 19.6 Å². The van der Waals surface area contributed by atoms with E-state index in [2.05, 4.69) is 4.72 Å². The van der Waals surface area contributed by atoms with Crippen LogP contribution in [0.2, 0.25) is 0 Å². The van der Waals surface area contributed by atoms with E-state index in [1.807, 2.05) is 17.5 Å². The Balaban J connectivity index is 2.20. The van der Waals surface area contributed by atoms with Crippen LogP contribution in [0.4, 0.5) is 4.39 Å². The van der Waals surface area contributed by atoms with Gasteiger partial charge >= 0.3 is 0 Å². The summed E-state index contributed by atoms with van der Waals surface area (Å²) in [7, 11) is -3.87. The summed E-state index contributed by atoms with van der Waals surface area (Å²) in [6.07, 6.45) is 0.556. The average molecular weight is 329 g/mol. The topological polar surface area (TPSA) is 66.4 Å². The molecule has 7 heteroatoms. The highest BCUT2D eigenvalue weighted by atomic mass is 32.2. The molecule has 0 fully saturated rings. The first-order valence-corrected chi connectivity index (χ1v) is 8.72. The van der Waals surface area contributed by atoms with Gasteiger partial charge in [-0.1, -0.05) is 12.1 Å². The zero-order valence-electron chi connectivity index (χ0n) is 11.4. The predicted octanol–water partition coefficient (Wildman–Crippen LogP) is 2.29. The predicted molar refractivity (Wildman–Crippen MR) is 80.1 cm³/mol. The summed E-state index contributed by atoms with van der Waals surface area (Å²) in [6.45, 7) is 1.28. The van der Waals surface area contributed by atoms with Crippen molar-refractivity contribution in [2.75, 3.05) is 0 Å². The van der Waals surface area contributed by atoms with Gasteiger partial charge in [0.05, 0.1) is 11.5 Å². The highest BCUT2D eigenvalue weighted by Crippen LogP contribution is 2.19. The molecule has 2 rings (SSSR count). The van der Waals surface area contributed by atoms with Crippen molar-refractivity contribution in [1.82, 2.24) is 4.72 Å². The Labute approximate surface area is 127 Å². The molecule has 0 aliphatic rings. The SMILES string of the molecule is CC(Cc1cccs1)NS(=O)(=O)c1cc(F)ccc1CO. The zero-order valence-corrected chi connectivity index (χ0v) is 13.0. The quantitative estimate of drug-likeness (QED) is 0.854. The molecule has 0 bridgehead atoms. The summed E-state index contributed by atoms with van der Waals surface area (Å²) in [5, 5.41) is 11.1. The molecule has 21 heavy (non-hydrogen) atoms. The van der Waals surface area contributed by atoms with Gasteiger partial charge in [-0.2, -0.15) is 0 Å². The van der Waals surface area contributed by atoms with E-state index in [0.717, 1.165) is 17.0 Å².